The van der Waals surface area contributed by atoms with Gasteiger partial charge in [0.25, 0.3) is 0 Å². The molecule has 138 valence electrons. The van der Waals surface area contributed by atoms with Gasteiger partial charge in [0.2, 0.25) is 0 Å². The van der Waals surface area contributed by atoms with Crippen molar-refractivity contribution in [3.05, 3.63) is 82.6 Å². The van der Waals surface area contributed by atoms with Crippen molar-refractivity contribution in [3.63, 3.8) is 0 Å². The molecule has 2 amide bonds. The Balaban J connectivity index is 1.63. The number of amides is 2. The molecule has 1 aliphatic rings. The number of halogens is 1. The number of aromatic nitrogens is 1. The van der Waals surface area contributed by atoms with Crippen molar-refractivity contribution < 1.29 is 9.53 Å². The van der Waals surface area contributed by atoms with Gasteiger partial charge < -0.3 is 19.5 Å². The molecule has 2 aromatic carbocycles. The van der Waals surface area contributed by atoms with E-state index in [-0.39, 0.29) is 12.1 Å². The van der Waals surface area contributed by atoms with Gasteiger partial charge in [-0.2, -0.15) is 0 Å². The molecule has 0 radical (unpaired) electrons. The molecular weight excluding hydrogens is 406 g/mol. The number of rotatable bonds is 3. The second kappa shape index (κ2) is 7.48. The van der Waals surface area contributed by atoms with Gasteiger partial charge in [-0.05, 0) is 54.1 Å². The Morgan fingerprint density at radius 2 is 1.81 bits per heavy atom. The monoisotopic (exact) mass is 425 g/mol. The minimum Gasteiger partial charge on any atom is -0.497 e. The molecule has 1 N–H and O–H groups in total. The van der Waals surface area contributed by atoms with Crippen molar-refractivity contribution in [1.29, 1.82) is 0 Å². The van der Waals surface area contributed by atoms with E-state index in [4.69, 9.17) is 4.74 Å². The Kier molecular flexibility index (Phi) is 4.90. The zero-order chi connectivity index (χ0) is 18.8. The number of ether oxygens (including phenoxy) is 1. The summed E-state index contributed by atoms with van der Waals surface area (Å²) in [4.78, 5) is 15.0. The first kappa shape index (κ1) is 17.7. The first-order chi connectivity index (χ1) is 13.2. The molecule has 0 fully saturated rings. The van der Waals surface area contributed by atoms with Crippen LogP contribution in [0.3, 0.4) is 0 Å². The van der Waals surface area contributed by atoms with Crippen LogP contribution in [0.2, 0.25) is 0 Å². The van der Waals surface area contributed by atoms with Crippen molar-refractivity contribution in [2.24, 2.45) is 0 Å². The average Bonchev–Trinajstić information content (AvgIpc) is 3.17. The number of nitrogens with zero attached hydrogens (tertiary/aromatic N) is 2. The van der Waals surface area contributed by atoms with E-state index in [0.29, 0.717) is 6.54 Å². The SMILES string of the molecule is COc1ccc(NC(=O)N2CCn3cccc3[C@@H]2c2ccc(Br)cc2)cc1. The van der Waals surface area contributed by atoms with Gasteiger partial charge >= 0.3 is 6.03 Å². The van der Waals surface area contributed by atoms with E-state index in [1.165, 1.54) is 0 Å². The lowest BCUT2D eigenvalue weighted by Crippen LogP contribution is -2.44. The third kappa shape index (κ3) is 3.57. The summed E-state index contributed by atoms with van der Waals surface area (Å²) in [7, 11) is 1.62. The van der Waals surface area contributed by atoms with E-state index in [9.17, 15) is 4.79 Å². The maximum Gasteiger partial charge on any atom is 0.322 e. The Morgan fingerprint density at radius 1 is 1.07 bits per heavy atom. The molecule has 0 unspecified atom stereocenters. The summed E-state index contributed by atoms with van der Waals surface area (Å²) in [6.45, 7) is 1.43. The molecule has 27 heavy (non-hydrogen) atoms. The van der Waals surface area contributed by atoms with Crippen molar-refractivity contribution >= 4 is 27.6 Å². The maximum atomic E-state index is 13.1. The van der Waals surface area contributed by atoms with E-state index in [2.05, 4.69) is 50.2 Å². The second-order valence-corrected chi connectivity index (χ2v) is 7.35. The Morgan fingerprint density at radius 3 is 2.52 bits per heavy atom. The maximum absolute atomic E-state index is 13.1. The van der Waals surface area contributed by atoms with Crippen LogP contribution in [0.1, 0.15) is 17.3 Å². The number of urea groups is 1. The molecule has 1 aliphatic heterocycles. The van der Waals surface area contributed by atoms with Crippen molar-refractivity contribution in [1.82, 2.24) is 9.47 Å². The highest BCUT2D eigenvalue weighted by Gasteiger charge is 2.32. The largest absolute Gasteiger partial charge is 0.497 e. The molecular formula is C21H20BrN3O2. The number of anilines is 1. The lowest BCUT2D eigenvalue weighted by Gasteiger charge is -2.37. The molecule has 0 saturated heterocycles. The zero-order valence-corrected chi connectivity index (χ0v) is 16.5. The van der Waals surface area contributed by atoms with Crippen LogP contribution in [0.25, 0.3) is 0 Å². The fraction of sp³-hybridized carbons (Fsp3) is 0.190. The summed E-state index contributed by atoms with van der Waals surface area (Å²) in [6, 6.07) is 19.4. The van der Waals surface area contributed by atoms with Crippen molar-refractivity contribution in [2.45, 2.75) is 12.6 Å². The van der Waals surface area contributed by atoms with E-state index in [0.717, 1.165) is 33.7 Å². The average molecular weight is 426 g/mol. The molecule has 0 bridgehead atoms. The summed E-state index contributed by atoms with van der Waals surface area (Å²) in [5, 5.41) is 3.01. The standard InChI is InChI=1S/C21H20BrN3O2/c1-27-18-10-8-17(9-11-18)23-21(26)25-14-13-24-12-2-3-19(24)20(25)15-4-6-16(22)7-5-15/h2-12,20H,13-14H2,1H3,(H,23,26)/t20-/m0/s1. The minimum atomic E-state index is -0.125. The van der Waals surface area contributed by atoms with Gasteiger partial charge in [0.05, 0.1) is 13.2 Å². The highest BCUT2D eigenvalue weighted by Crippen LogP contribution is 2.33. The third-order valence-corrected chi connectivity index (χ3v) is 5.35. The molecule has 0 saturated carbocycles. The summed E-state index contributed by atoms with van der Waals surface area (Å²) >= 11 is 3.49. The highest BCUT2D eigenvalue weighted by molar-refractivity contribution is 9.10. The van der Waals surface area contributed by atoms with Crippen LogP contribution in [0.4, 0.5) is 10.5 Å². The normalized spacial score (nSPS) is 15.9. The van der Waals surface area contributed by atoms with Crippen molar-refractivity contribution in [2.75, 3.05) is 19.0 Å². The topological polar surface area (TPSA) is 46.5 Å². The van der Waals surface area contributed by atoms with Crippen LogP contribution < -0.4 is 10.1 Å². The summed E-state index contributed by atoms with van der Waals surface area (Å²) in [6.07, 6.45) is 2.07. The van der Waals surface area contributed by atoms with Gasteiger partial charge in [0.1, 0.15) is 5.75 Å². The number of hydrogen-bond donors (Lipinski definition) is 1. The van der Waals surface area contributed by atoms with Crippen LogP contribution in [-0.2, 0) is 6.54 Å². The fourth-order valence-electron chi connectivity index (χ4n) is 3.47. The zero-order valence-electron chi connectivity index (χ0n) is 14.9. The minimum absolute atomic E-state index is 0.111. The van der Waals surface area contributed by atoms with Gasteiger partial charge in [0, 0.05) is 35.1 Å². The van der Waals surface area contributed by atoms with Crippen LogP contribution in [0.15, 0.2) is 71.3 Å². The lowest BCUT2D eigenvalue weighted by molar-refractivity contribution is 0.182. The number of fused-ring (bicyclic) bond motifs is 1. The molecule has 3 aromatic rings. The Labute approximate surface area is 166 Å². The van der Waals surface area contributed by atoms with Crippen LogP contribution in [0.5, 0.6) is 5.75 Å². The summed E-state index contributed by atoms with van der Waals surface area (Å²) in [5.74, 6) is 0.761. The van der Waals surface area contributed by atoms with Gasteiger partial charge in [-0.15, -0.1) is 0 Å². The number of carbonyl (C=O) groups excluding carboxylic acids is 1. The van der Waals surface area contributed by atoms with Gasteiger partial charge in [-0.1, -0.05) is 28.1 Å². The fourth-order valence-corrected chi connectivity index (χ4v) is 3.73. The molecule has 0 aliphatic carbocycles. The number of nitrogens with one attached hydrogen (secondary N) is 1. The predicted molar refractivity (Wildman–Crippen MR) is 109 cm³/mol. The van der Waals surface area contributed by atoms with E-state index < -0.39 is 0 Å². The third-order valence-electron chi connectivity index (χ3n) is 4.83. The molecule has 6 heteroatoms. The van der Waals surface area contributed by atoms with Crippen LogP contribution in [0, 0.1) is 0 Å². The number of hydrogen-bond acceptors (Lipinski definition) is 2. The smallest absolute Gasteiger partial charge is 0.322 e. The van der Waals surface area contributed by atoms with Gasteiger partial charge in [-0.25, -0.2) is 4.79 Å². The molecule has 5 nitrogen and oxygen atoms in total. The second-order valence-electron chi connectivity index (χ2n) is 6.43. The summed E-state index contributed by atoms with van der Waals surface area (Å²) < 4.78 is 8.41. The van der Waals surface area contributed by atoms with Crippen LogP contribution in [-0.4, -0.2) is 29.2 Å². The quantitative estimate of drug-likeness (QED) is 0.648. The molecule has 2 heterocycles. The van der Waals surface area contributed by atoms with E-state index >= 15 is 0 Å². The number of benzene rings is 2. The van der Waals surface area contributed by atoms with Crippen LogP contribution >= 0.6 is 15.9 Å². The number of methoxy groups -OCH3 is 1. The lowest BCUT2D eigenvalue weighted by atomic mass is 10.0. The first-order valence-corrected chi connectivity index (χ1v) is 9.57. The van der Waals surface area contributed by atoms with Gasteiger partial charge in [0.15, 0.2) is 0 Å². The molecule has 4 rings (SSSR count). The summed E-state index contributed by atoms with van der Waals surface area (Å²) in [5.41, 5.74) is 2.95. The molecule has 0 spiro atoms. The Bertz CT molecular complexity index is 935. The molecule has 1 aromatic heterocycles. The molecule has 1 atom stereocenters. The number of carbonyl (C=O) groups is 1. The van der Waals surface area contributed by atoms with Crippen molar-refractivity contribution in [3.8, 4) is 5.75 Å². The van der Waals surface area contributed by atoms with Gasteiger partial charge in [-0.3, -0.25) is 0 Å². The van der Waals surface area contributed by atoms with E-state index in [1.807, 2.05) is 47.4 Å². The first-order valence-electron chi connectivity index (χ1n) is 8.78. The predicted octanol–water partition coefficient (Wildman–Crippen LogP) is 4.90. The Hall–Kier alpha value is -2.73. The highest BCUT2D eigenvalue weighted by atomic mass is 79.9. The van der Waals surface area contributed by atoms with E-state index in [1.54, 1.807) is 7.11 Å².